The van der Waals surface area contributed by atoms with Crippen LogP contribution in [0.2, 0.25) is 0 Å². The lowest BCUT2D eigenvalue weighted by atomic mass is 9.69. The molecule has 0 amide bonds. The van der Waals surface area contributed by atoms with Crippen molar-refractivity contribution in [2.24, 2.45) is 23.0 Å². The molecule has 1 aliphatic carbocycles. The number of methoxy groups -OCH3 is 1. The van der Waals surface area contributed by atoms with E-state index in [-0.39, 0.29) is 0 Å². The van der Waals surface area contributed by atoms with Gasteiger partial charge in [-0.25, -0.2) is 0 Å². The summed E-state index contributed by atoms with van der Waals surface area (Å²) >= 11 is 0. The first-order valence-corrected chi connectivity index (χ1v) is 8.04. The van der Waals surface area contributed by atoms with Crippen molar-refractivity contribution >= 4 is 0 Å². The van der Waals surface area contributed by atoms with Gasteiger partial charge in [-0.2, -0.15) is 0 Å². The van der Waals surface area contributed by atoms with Crippen LogP contribution in [0.15, 0.2) is 0 Å². The van der Waals surface area contributed by atoms with Gasteiger partial charge < -0.3 is 15.4 Å². The summed E-state index contributed by atoms with van der Waals surface area (Å²) < 4.78 is 5.64. The van der Waals surface area contributed by atoms with Crippen LogP contribution < -0.4 is 5.73 Å². The minimum atomic E-state index is 0.372. The highest BCUT2D eigenvalue weighted by molar-refractivity contribution is 4.91. The average Bonchev–Trinajstić information content (AvgIpc) is 2.41. The zero-order chi connectivity index (χ0) is 13.9. The summed E-state index contributed by atoms with van der Waals surface area (Å²) in [6, 6.07) is 0. The van der Waals surface area contributed by atoms with Gasteiger partial charge in [0.05, 0.1) is 6.10 Å². The Hall–Kier alpha value is -0.120. The topological polar surface area (TPSA) is 38.5 Å². The SMILES string of the molecule is COC1CN(CC2(CN)CCCC(C)C2)CCC1C. The monoisotopic (exact) mass is 268 g/mol. The molecule has 0 bridgehead atoms. The molecule has 0 aromatic carbocycles. The van der Waals surface area contributed by atoms with Gasteiger partial charge >= 0.3 is 0 Å². The van der Waals surface area contributed by atoms with Crippen LogP contribution in [-0.2, 0) is 4.74 Å². The molecule has 4 atom stereocenters. The predicted molar refractivity (Wildman–Crippen MR) is 80.1 cm³/mol. The van der Waals surface area contributed by atoms with Crippen LogP contribution in [0.5, 0.6) is 0 Å². The molecule has 0 radical (unpaired) electrons. The smallest absolute Gasteiger partial charge is 0.0724 e. The van der Waals surface area contributed by atoms with Gasteiger partial charge in [0, 0.05) is 20.2 Å². The Morgan fingerprint density at radius 1 is 1.32 bits per heavy atom. The number of likely N-dealkylation sites (tertiary alicyclic amines) is 1. The molecule has 2 rings (SSSR count). The molecular formula is C16H32N2O. The van der Waals surface area contributed by atoms with Gasteiger partial charge in [-0.05, 0) is 49.6 Å². The van der Waals surface area contributed by atoms with Gasteiger partial charge in [-0.1, -0.05) is 26.7 Å². The molecule has 3 nitrogen and oxygen atoms in total. The lowest BCUT2D eigenvalue weighted by molar-refractivity contribution is -0.0242. The van der Waals surface area contributed by atoms with Crippen LogP contribution in [0.1, 0.15) is 46.0 Å². The molecule has 0 aromatic rings. The molecule has 3 heteroatoms. The van der Waals surface area contributed by atoms with E-state index in [1.807, 2.05) is 7.11 Å². The van der Waals surface area contributed by atoms with Gasteiger partial charge in [-0.15, -0.1) is 0 Å². The number of nitrogens with two attached hydrogens (primary N) is 1. The average molecular weight is 268 g/mol. The van der Waals surface area contributed by atoms with Crippen LogP contribution in [0.25, 0.3) is 0 Å². The summed E-state index contributed by atoms with van der Waals surface area (Å²) in [6.07, 6.45) is 7.04. The second kappa shape index (κ2) is 6.55. The highest BCUT2D eigenvalue weighted by atomic mass is 16.5. The normalized spacial score (nSPS) is 41.4. The van der Waals surface area contributed by atoms with Gasteiger partial charge in [0.15, 0.2) is 0 Å². The molecule has 2 fully saturated rings. The van der Waals surface area contributed by atoms with Crippen molar-refractivity contribution in [1.82, 2.24) is 4.90 Å². The predicted octanol–water partition coefficient (Wildman–Crippen LogP) is 2.50. The molecule has 2 aliphatic rings. The first-order chi connectivity index (χ1) is 9.08. The Labute approximate surface area is 118 Å². The lowest BCUT2D eigenvalue weighted by Gasteiger charge is -2.45. The zero-order valence-corrected chi connectivity index (χ0v) is 13.0. The van der Waals surface area contributed by atoms with E-state index < -0.39 is 0 Å². The Morgan fingerprint density at radius 3 is 2.74 bits per heavy atom. The van der Waals surface area contributed by atoms with E-state index in [1.54, 1.807) is 0 Å². The maximum absolute atomic E-state index is 6.15. The molecule has 0 spiro atoms. The van der Waals surface area contributed by atoms with Crippen molar-refractivity contribution in [1.29, 1.82) is 0 Å². The number of nitrogens with zero attached hydrogens (tertiary/aromatic N) is 1. The third kappa shape index (κ3) is 3.71. The van der Waals surface area contributed by atoms with Crippen molar-refractivity contribution < 1.29 is 4.74 Å². The molecule has 2 N–H and O–H groups in total. The number of hydrogen-bond acceptors (Lipinski definition) is 3. The van der Waals surface area contributed by atoms with Crippen LogP contribution >= 0.6 is 0 Å². The van der Waals surface area contributed by atoms with E-state index in [1.165, 1.54) is 45.2 Å². The summed E-state index contributed by atoms with van der Waals surface area (Å²) in [7, 11) is 1.85. The molecule has 112 valence electrons. The highest BCUT2D eigenvalue weighted by Crippen LogP contribution is 2.39. The minimum Gasteiger partial charge on any atom is -0.380 e. The van der Waals surface area contributed by atoms with Crippen LogP contribution in [-0.4, -0.2) is 44.3 Å². The molecule has 1 saturated carbocycles. The summed E-state index contributed by atoms with van der Waals surface area (Å²) in [4.78, 5) is 2.61. The third-order valence-corrected chi connectivity index (χ3v) is 5.45. The van der Waals surface area contributed by atoms with E-state index in [0.29, 0.717) is 17.4 Å². The minimum absolute atomic E-state index is 0.372. The highest BCUT2D eigenvalue weighted by Gasteiger charge is 2.37. The van der Waals surface area contributed by atoms with E-state index in [0.717, 1.165) is 19.0 Å². The second-order valence-electron chi connectivity index (χ2n) is 7.18. The molecule has 19 heavy (non-hydrogen) atoms. The fourth-order valence-corrected chi connectivity index (χ4v) is 4.19. The van der Waals surface area contributed by atoms with Crippen molar-refractivity contribution in [2.75, 3.05) is 33.3 Å². The maximum Gasteiger partial charge on any atom is 0.0724 e. The lowest BCUT2D eigenvalue weighted by Crippen LogP contribution is -2.51. The number of ether oxygens (including phenoxy) is 1. The number of rotatable bonds is 4. The Kier molecular flexibility index (Phi) is 5.27. The van der Waals surface area contributed by atoms with E-state index >= 15 is 0 Å². The Balaban J connectivity index is 1.94. The largest absolute Gasteiger partial charge is 0.380 e. The molecular weight excluding hydrogens is 236 g/mol. The van der Waals surface area contributed by atoms with Crippen LogP contribution in [0.4, 0.5) is 0 Å². The zero-order valence-electron chi connectivity index (χ0n) is 13.0. The maximum atomic E-state index is 6.15. The van der Waals surface area contributed by atoms with Crippen molar-refractivity contribution in [2.45, 2.75) is 52.1 Å². The van der Waals surface area contributed by atoms with Crippen molar-refractivity contribution in [3.05, 3.63) is 0 Å². The Morgan fingerprint density at radius 2 is 2.11 bits per heavy atom. The van der Waals surface area contributed by atoms with Gasteiger partial charge in [0.1, 0.15) is 0 Å². The molecule has 4 unspecified atom stereocenters. The quantitative estimate of drug-likeness (QED) is 0.851. The fraction of sp³-hybridized carbons (Fsp3) is 1.00. The number of hydrogen-bond donors (Lipinski definition) is 1. The Bertz CT molecular complexity index is 284. The van der Waals surface area contributed by atoms with E-state index in [2.05, 4.69) is 18.7 Å². The van der Waals surface area contributed by atoms with E-state index in [9.17, 15) is 0 Å². The van der Waals surface area contributed by atoms with E-state index in [4.69, 9.17) is 10.5 Å². The van der Waals surface area contributed by atoms with Gasteiger partial charge in [0.25, 0.3) is 0 Å². The molecule has 1 saturated heterocycles. The molecule has 0 aromatic heterocycles. The van der Waals surface area contributed by atoms with Crippen molar-refractivity contribution in [3.8, 4) is 0 Å². The summed E-state index contributed by atoms with van der Waals surface area (Å²) in [5, 5.41) is 0. The van der Waals surface area contributed by atoms with Gasteiger partial charge in [0.2, 0.25) is 0 Å². The number of piperidine rings is 1. The van der Waals surface area contributed by atoms with Crippen molar-refractivity contribution in [3.63, 3.8) is 0 Å². The summed E-state index contributed by atoms with van der Waals surface area (Å²) in [5.41, 5.74) is 6.53. The summed E-state index contributed by atoms with van der Waals surface area (Å²) in [5.74, 6) is 1.54. The first kappa shape index (κ1) is 15.3. The summed E-state index contributed by atoms with van der Waals surface area (Å²) in [6.45, 7) is 9.04. The fourth-order valence-electron chi connectivity index (χ4n) is 4.19. The van der Waals surface area contributed by atoms with Crippen LogP contribution in [0.3, 0.4) is 0 Å². The third-order valence-electron chi connectivity index (χ3n) is 5.45. The molecule has 1 aliphatic heterocycles. The molecule has 1 heterocycles. The first-order valence-electron chi connectivity index (χ1n) is 8.04. The van der Waals surface area contributed by atoms with Crippen LogP contribution in [0, 0.1) is 17.3 Å². The standard InChI is InChI=1S/C16H32N2O/c1-13-5-4-7-16(9-13,11-17)12-18-8-6-14(2)15(10-18)19-3/h13-15H,4-12,17H2,1-3H3. The van der Waals surface area contributed by atoms with Gasteiger partial charge in [-0.3, -0.25) is 0 Å². The second-order valence-corrected chi connectivity index (χ2v) is 7.18.